The molecule has 2 fully saturated rings. The van der Waals surface area contributed by atoms with Gasteiger partial charge in [-0.25, -0.2) is 4.98 Å². The Morgan fingerprint density at radius 3 is 2.88 bits per heavy atom. The van der Waals surface area contributed by atoms with E-state index in [0.717, 1.165) is 81.7 Å². The van der Waals surface area contributed by atoms with Crippen molar-refractivity contribution in [3.63, 3.8) is 0 Å². The van der Waals surface area contributed by atoms with E-state index in [1.807, 2.05) is 17.0 Å². The van der Waals surface area contributed by atoms with Crippen LogP contribution in [0.5, 0.6) is 0 Å². The molecule has 1 aromatic rings. The topological polar surface area (TPSA) is 95.6 Å². The molecular formula is C24H35ClN6O. The molecule has 2 aliphatic heterocycles. The van der Waals surface area contributed by atoms with Crippen LogP contribution in [0.3, 0.4) is 0 Å². The molecular weight excluding hydrogens is 424 g/mol. The number of piperidine rings is 1. The van der Waals surface area contributed by atoms with Gasteiger partial charge in [-0.3, -0.25) is 15.1 Å². The van der Waals surface area contributed by atoms with Gasteiger partial charge in [-0.15, -0.1) is 0 Å². The molecule has 32 heavy (non-hydrogen) atoms. The molecule has 4 N–H and O–H groups in total. The SMILES string of the molecule is CC(=O)N1CCCC(CNC2CC=CC(c3cc(NC4CCC(N)CC4)ncc3Cl)=N2)C1. The summed E-state index contributed by atoms with van der Waals surface area (Å²) in [5, 5.41) is 7.75. The Bertz CT molecular complexity index is 864. The van der Waals surface area contributed by atoms with Gasteiger partial charge < -0.3 is 16.0 Å². The second-order valence-corrected chi connectivity index (χ2v) is 9.76. The Labute approximate surface area is 195 Å². The lowest BCUT2D eigenvalue weighted by molar-refractivity contribution is -0.130. The molecule has 3 heterocycles. The number of carbonyl (C=O) groups excluding carboxylic acids is 1. The fraction of sp³-hybridized carbons (Fsp3) is 0.625. The third-order valence-electron chi connectivity index (χ3n) is 6.79. The molecule has 4 rings (SSSR count). The van der Waals surface area contributed by atoms with Crippen molar-refractivity contribution in [3.8, 4) is 0 Å². The van der Waals surface area contributed by atoms with Gasteiger partial charge in [0.2, 0.25) is 5.91 Å². The quantitative estimate of drug-likeness (QED) is 0.607. The molecule has 8 heteroatoms. The van der Waals surface area contributed by atoms with Gasteiger partial charge in [-0.2, -0.15) is 0 Å². The van der Waals surface area contributed by atoms with Crippen LogP contribution in [0.15, 0.2) is 29.4 Å². The first-order chi connectivity index (χ1) is 15.5. The van der Waals surface area contributed by atoms with Gasteiger partial charge in [0.05, 0.1) is 10.7 Å². The molecule has 2 atom stereocenters. The monoisotopic (exact) mass is 458 g/mol. The normalized spacial score (nSPS) is 28.3. The molecule has 1 aliphatic carbocycles. The summed E-state index contributed by atoms with van der Waals surface area (Å²) >= 11 is 6.50. The van der Waals surface area contributed by atoms with Crippen molar-refractivity contribution in [2.75, 3.05) is 25.0 Å². The number of dihydropyridines is 1. The van der Waals surface area contributed by atoms with Gasteiger partial charge in [0.15, 0.2) is 0 Å². The highest BCUT2D eigenvalue weighted by atomic mass is 35.5. The van der Waals surface area contributed by atoms with Crippen LogP contribution >= 0.6 is 11.6 Å². The number of halogens is 1. The number of carbonyl (C=O) groups is 1. The van der Waals surface area contributed by atoms with Gasteiger partial charge in [0.25, 0.3) is 0 Å². The Kier molecular flexibility index (Phi) is 7.81. The first kappa shape index (κ1) is 23.2. The van der Waals surface area contributed by atoms with Crippen molar-refractivity contribution in [1.82, 2.24) is 15.2 Å². The number of hydrogen-bond donors (Lipinski definition) is 3. The standard InChI is InChI=1S/C24H35ClN6O/c1-16(32)31-11-3-4-17(15-31)13-27-23-6-2-5-22(30-23)20-12-24(28-14-21(20)25)29-19-9-7-18(26)8-10-19/h2,5,12,14,17-19,23,27H,3-4,6-11,13,15,26H2,1H3,(H,28,29). The molecule has 0 bridgehead atoms. The summed E-state index contributed by atoms with van der Waals surface area (Å²) in [6.07, 6.45) is 13.2. The number of aromatic nitrogens is 1. The minimum Gasteiger partial charge on any atom is -0.367 e. The van der Waals surface area contributed by atoms with E-state index in [2.05, 4.69) is 21.7 Å². The van der Waals surface area contributed by atoms with E-state index >= 15 is 0 Å². The second-order valence-electron chi connectivity index (χ2n) is 9.36. The molecule has 0 aromatic carbocycles. The number of rotatable bonds is 6. The fourth-order valence-electron chi connectivity index (χ4n) is 4.87. The average molecular weight is 459 g/mol. The Balaban J connectivity index is 1.38. The highest BCUT2D eigenvalue weighted by Gasteiger charge is 2.23. The maximum absolute atomic E-state index is 11.7. The van der Waals surface area contributed by atoms with Crippen molar-refractivity contribution in [2.24, 2.45) is 16.6 Å². The van der Waals surface area contributed by atoms with E-state index in [9.17, 15) is 4.79 Å². The number of likely N-dealkylation sites (tertiary alicyclic amines) is 1. The van der Waals surface area contributed by atoms with Crippen LogP contribution in [0.2, 0.25) is 5.02 Å². The van der Waals surface area contributed by atoms with Crippen LogP contribution in [0.25, 0.3) is 0 Å². The molecule has 0 radical (unpaired) electrons. The minimum absolute atomic E-state index is 0.0168. The first-order valence-electron chi connectivity index (χ1n) is 11.9. The second kappa shape index (κ2) is 10.8. The number of allylic oxidation sites excluding steroid dienone is 1. The molecule has 174 valence electrons. The maximum atomic E-state index is 11.7. The van der Waals surface area contributed by atoms with E-state index in [1.165, 1.54) is 0 Å². The number of nitrogens with zero attached hydrogens (tertiary/aromatic N) is 3. The number of hydrogen-bond acceptors (Lipinski definition) is 6. The third kappa shape index (κ3) is 6.09. The molecule has 1 amide bonds. The van der Waals surface area contributed by atoms with Crippen molar-refractivity contribution in [1.29, 1.82) is 0 Å². The number of amides is 1. The lowest BCUT2D eigenvalue weighted by Crippen LogP contribution is -2.43. The van der Waals surface area contributed by atoms with Crippen molar-refractivity contribution < 1.29 is 4.79 Å². The van der Waals surface area contributed by atoms with Gasteiger partial charge in [0, 0.05) is 56.8 Å². The summed E-state index contributed by atoms with van der Waals surface area (Å²) in [6.45, 7) is 4.23. The number of anilines is 1. The molecule has 7 nitrogen and oxygen atoms in total. The highest BCUT2D eigenvalue weighted by molar-refractivity contribution is 6.35. The van der Waals surface area contributed by atoms with Crippen LogP contribution in [-0.4, -0.2) is 59.4 Å². The van der Waals surface area contributed by atoms with Crippen molar-refractivity contribution >= 4 is 29.0 Å². The van der Waals surface area contributed by atoms with Crippen molar-refractivity contribution in [3.05, 3.63) is 35.0 Å². The maximum Gasteiger partial charge on any atom is 0.219 e. The Morgan fingerprint density at radius 1 is 1.28 bits per heavy atom. The summed E-state index contributed by atoms with van der Waals surface area (Å²) in [7, 11) is 0. The summed E-state index contributed by atoms with van der Waals surface area (Å²) < 4.78 is 0. The summed E-state index contributed by atoms with van der Waals surface area (Å²) in [6, 6.07) is 2.74. The van der Waals surface area contributed by atoms with Crippen LogP contribution < -0.4 is 16.4 Å². The number of nitrogens with one attached hydrogen (secondary N) is 2. The average Bonchev–Trinajstić information content (AvgIpc) is 2.81. The lowest BCUT2D eigenvalue weighted by atomic mass is 9.92. The molecule has 1 aromatic heterocycles. The number of nitrogens with two attached hydrogens (primary N) is 1. The van der Waals surface area contributed by atoms with Crippen molar-refractivity contribution in [2.45, 2.75) is 70.1 Å². The fourth-order valence-corrected chi connectivity index (χ4v) is 5.07. The van der Waals surface area contributed by atoms with E-state index in [1.54, 1.807) is 13.1 Å². The number of pyridine rings is 1. The largest absolute Gasteiger partial charge is 0.367 e. The van der Waals surface area contributed by atoms with Gasteiger partial charge in [0.1, 0.15) is 12.0 Å². The van der Waals surface area contributed by atoms with E-state index < -0.39 is 0 Å². The first-order valence-corrected chi connectivity index (χ1v) is 12.3. The van der Waals surface area contributed by atoms with Crippen LogP contribution in [-0.2, 0) is 4.79 Å². The zero-order valence-electron chi connectivity index (χ0n) is 18.9. The van der Waals surface area contributed by atoms with Crippen LogP contribution in [0, 0.1) is 5.92 Å². The summed E-state index contributed by atoms with van der Waals surface area (Å²) in [4.78, 5) is 23.1. The molecule has 1 saturated heterocycles. The zero-order chi connectivity index (χ0) is 22.5. The van der Waals surface area contributed by atoms with E-state index in [4.69, 9.17) is 22.3 Å². The van der Waals surface area contributed by atoms with Crippen LogP contribution in [0.1, 0.15) is 57.4 Å². The highest BCUT2D eigenvalue weighted by Crippen LogP contribution is 2.25. The zero-order valence-corrected chi connectivity index (χ0v) is 19.7. The number of aliphatic imine (C=N–C) groups is 1. The molecule has 0 spiro atoms. The lowest BCUT2D eigenvalue weighted by Gasteiger charge is -2.33. The van der Waals surface area contributed by atoms with E-state index in [-0.39, 0.29) is 12.1 Å². The van der Waals surface area contributed by atoms with Gasteiger partial charge >= 0.3 is 0 Å². The van der Waals surface area contributed by atoms with Gasteiger partial charge in [-0.1, -0.05) is 17.7 Å². The summed E-state index contributed by atoms with van der Waals surface area (Å²) in [5.74, 6) is 1.48. The molecule has 2 unspecified atom stereocenters. The minimum atomic E-state index is 0.0168. The Hall–Kier alpha value is -1.96. The third-order valence-corrected chi connectivity index (χ3v) is 7.09. The van der Waals surface area contributed by atoms with E-state index in [0.29, 0.717) is 23.0 Å². The Morgan fingerprint density at radius 2 is 2.09 bits per heavy atom. The summed E-state index contributed by atoms with van der Waals surface area (Å²) in [5.41, 5.74) is 7.81. The predicted octanol–water partition coefficient (Wildman–Crippen LogP) is 3.34. The molecule has 1 saturated carbocycles. The predicted molar refractivity (Wildman–Crippen MR) is 130 cm³/mol. The molecule has 3 aliphatic rings. The van der Waals surface area contributed by atoms with Crippen LogP contribution in [0.4, 0.5) is 5.82 Å². The van der Waals surface area contributed by atoms with Gasteiger partial charge in [-0.05, 0) is 56.6 Å². The smallest absolute Gasteiger partial charge is 0.219 e.